The maximum atomic E-state index is 13.6. The molecule has 6 nitrogen and oxygen atoms in total. The predicted molar refractivity (Wildman–Crippen MR) is 107 cm³/mol. The molecule has 1 fully saturated rings. The molecule has 0 unspecified atom stereocenters. The molecule has 0 atom stereocenters. The molecule has 1 aliphatic rings. The Kier molecular flexibility index (Phi) is 5.13. The third kappa shape index (κ3) is 3.52. The van der Waals surface area contributed by atoms with Crippen molar-refractivity contribution in [2.45, 2.75) is 19.8 Å². The number of H-pyrrole nitrogens is 1. The number of anilines is 1. The number of rotatable bonds is 4. The smallest absolute Gasteiger partial charge is 0.309 e. The van der Waals surface area contributed by atoms with Crippen molar-refractivity contribution >= 4 is 33.5 Å². The lowest BCUT2D eigenvalue weighted by atomic mass is 9.97. The Morgan fingerprint density at radius 2 is 2.18 bits per heavy atom. The average Bonchev–Trinajstić information content (AvgIpc) is 3.13. The molecule has 2 aromatic heterocycles. The second-order valence-corrected chi connectivity index (χ2v) is 7.62. The Morgan fingerprint density at radius 3 is 2.89 bits per heavy atom. The minimum absolute atomic E-state index is 0.115. The van der Waals surface area contributed by atoms with E-state index in [-0.39, 0.29) is 23.3 Å². The lowest BCUT2D eigenvalue weighted by Crippen LogP contribution is -2.38. The Labute approximate surface area is 165 Å². The lowest BCUT2D eigenvalue weighted by molar-refractivity contribution is -0.148. The van der Waals surface area contributed by atoms with Crippen LogP contribution in [0.3, 0.4) is 0 Å². The predicted octanol–water partition coefficient (Wildman–Crippen LogP) is 3.57. The van der Waals surface area contributed by atoms with Gasteiger partial charge in [0.05, 0.1) is 18.0 Å². The Hall–Kier alpha value is -2.74. The molecule has 1 N–H and O–H groups in total. The van der Waals surface area contributed by atoms with Crippen LogP contribution in [-0.4, -0.2) is 35.6 Å². The van der Waals surface area contributed by atoms with Crippen LogP contribution in [-0.2, 0) is 9.53 Å². The van der Waals surface area contributed by atoms with Crippen molar-refractivity contribution in [1.29, 1.82) is 0 Å². The van der Waals surface area contributed by atoms with Crippen LogP contribution in [0.1, 0.15) is 19.8 Å². The van der Waals surface area contributed by atoms with Crippen molar-refractivity contribution in [3.8, 4) is 11.1 Å². The Bertz CT molecular complexity index is 1070. The molecule has 28 heavy (non-hydrogen) atoms. The number of hydrogen-bond acceptors (Lipinski definition) is 6. The molecule has 1 saturated heterocycles. The molecular weight excluding hydrogens is 381 g/mol. The number of ether oxygens (including phenoxy) is 1. The maximum Gasteiger partial charge on any atom is 0.309 e. The second kappa shape index (κ2) is 7.71. The zero-order chi connectivity index (χ0) is 19.7. The molecule has 8 heteroatoms. The number of aromatic amines is 1. The van der Waals surface area contributed by atoms with Crippen LogP contribution in [0.2, 0.25) is 0 Å². The molecule has 0 aliphatic carbocycles. The van der Waals surface area contributed by atoms with E-state index in [0.29, 0.717) is 54.3 Å². The number of benzene rings is 1. The quantitative estimate of drug-likeness (QED) is 0.677. The van der Waals surface area contributed by atoms with E-state index in [1.807, 2.05) is 10.3 Å². The summed E-state index contributed by atoms with van der Waals surface area (Å²) in [7, 11) is 0. The molecule has 0 saturated carbocycles. The van der Waals surface area contributed by atoms with Crippen LogP contribution in [0.15, 0.2) is 34.4 Å². The van der Waals surface area contributed by atoms with Crippen LogP contribution in [0.4, 0.5) is 10.3 Å². The molecule has 3 heterocycles. The molecule has 1 aromatic carbocycles. The summed E-state index contributed by atoms with van der Waals surface area (Å²) >= 11 is 1.30. The van der Waals surface area contributed by atoms with Gasteiger partial charge in [-0.05, 0) is 37.5 Å². The van der Waals surface area contributed by atoms with Crippen LogP contribution in [0, 0.1) is 11.7 Å². The van der Waals surface area contributed by atoms with E-state index in [1.54, 1.807) is 19.1 Å². The third-order valence-corrected chi connectivity index (χ3v) is 5.93. The highest BCUT2D eigenvalue weighted by Gasteiger charge is 2.27. The van der Waals surface area contributed by atoms with Crippen LogP contribution < -0.4 is 10.5 Å². The van der Waals surface area contributed by atoms with Crippen molar-refractivity contribution in [3.63, 3.8) is 0 Å². The van der Waals surface area contributed by atoms with Gasteiger partial charge in [0.25, 0.3) is 5.56 Å². The average molecular weight is 401 g/mol. The van der Waals surface area contributed by atoms with Crippen LogP contribution in [0.25, 0.3) is 21.3 Å². The number of fused-ring (bicyclic) bond motifs is 1. The van der Waals surface area contributed by atoms with E-state index in [2.05, 4.69) is 9.97 Å². The number of piperidine rings is 1. The highest BCUT2D eigenvalue weighted by molar-refractivity contribution is 7.17. The van der Waals surface area contributed by atoms with Crippen molar-refractivity contribution in [1.82, 2.24) is 9.97 Å². The van der Waals surface area contributed by atoms with Gasteiger partial charge in [-0.25, -0.2) is 9.37 Å². The van der Waals surface area contributed by atoms with Gasteiger partial charge in [0.2, 0.25) is 5.95 Å². The molecule has 0 spiro atoms. The molecular formula is C20H20FN3O3S. The van der Waals surface area contributed by atoms with Gasteiger partial charge in [0, 0.05) is 24.0 Å². The van der Waals surface area contributed by atoms with Crippen molar-refractivity contribution in [3.05, 3.63) is 45.8 Å². The first kappa shape index (κ1) is 18.6. The van der Waals surface area contributed by atoms with Crippen molar-refractivity contribution in [2.75, 3.05) is 24.6 Å². The fourth-order valence-corrected chi connectivity index (χ4v) is 4.42. The fraction of sp³-hybridized carbons (Fsp3) is 0.350. The van der Waals surface area contributed by atoms with Crippen molar-refractivity contribution in [2.24, 2.45) is 5.92 Å². The van der Waals surface area contributed by atoms with Gasteiger partial charge in [-0.1, -0.05) is 12.1 Å². The molecule has 0 radical (unpaired) electrons. The molecule has 0 bridgehead atoms. The summed E-state index contributed by atoms with van der Waals surface area (Å²) in [6.45, 7) is 3.40. The normalized spacial score (nSPS) is 15.1. The summed E-state index contributed by atoms with van der Waals surface area (Å²) in [5, 5.41) is 1.83. The number of nitrogens with one attached hydrogen (secondary N) is 1. The van der Waals surface area contributed by atoms with Gasteiger partial charge in [-0.15, -0.1) is 11.3 Å². The lowest BCUT2D eigenvalue weighted by Gasteiger charge is -2.31. The monoisotopic (exact) mass is 401 g/mol. The topological polar surface area (TPSA) is 75.3 Å². The van der Waals surface area contributed by atoms with E-state index in [4.69, 9.17) is 4.74 Å². The highest BCUT2D eigenvalue weighted by atomic mass is 32.1. The number of hydrogen-bond donors (Lipinski definition) is 1. The van der Waals surface area contributed by atoms with E-state index in [0.717, 1.165) is 5.56 Å². The highest BCUT2D eigenvalue weighted by Crippen LogP contribution is 2.32. The largest absolute Gasteiger partial charge is 0.466 e. The first-order chi connectivity index (χ1) is 13.6. The molecule has 0 amide bonds. The first-order valence-corrected chi connectivity index (χ1v) is 10.1. The van der Waals surface area contributed by atoms with Gasteiger partial charge in [0.15, 0.2) is 0 Å². The zero-order valence-corrected chi connectivity index (χ0v) is 16.2. The molecule has 146 valence electrons. The van der Waals surface area contributed by atoms with E-state index < -0.39 is 0 Å². The number of carbonyl (C=O) groups excluding carboxylic acids is 1. The summed E-state index contributed by atoms with van der Waals surface area (Å²) < 4.78 is 19.3. The summed E-state index contributed by atoms with van der Waals surface area (Å²) in [5.41, 5.74) is 1.80. The standard InChI is InChI=1S/C20H20FN3O3S/c1-2-27-19(26)12-6-8-24(9-7-12)20-22-16-15(11-28-17(16)18(25)23-20)13-4-3-5-14(21)10-13/h3-5,10-12H,2,6-9H2,1H3,(H,22,23,25). The Morgan fingerprint density at radius 1 is 1.39 bits per heavy atom. The number of esters is 1. The van der Waals surface area contributed by atoms with Crippen LogP contribution in [0.5, 0.6) is 0 Å². The van der Waals surface area contributed by atoms with E-state index in [1.165, 1.54) is 23.5 Å². The number of thiophene rings is 1. The summed E-state index contributed by atoms with van der Waals surface area (Å²) in [4.78, 5) is 34.0. The second-order valence-electron chi connectivity index (χ2n) is 6.74. The number of carbonyl (C=O) groups is 1. The van der Waals surface area contributed by atoms with Gasteiger partial charge in [0.1, 0.15) is 10.5 Å². The minimum atomic E-state index is -0.331. The van der Waals surface area contributed by atoms with Gasteiger partial charge in [-0.2, -0.15) is 0 Å². The minimum Gasteiger partial charge on any atom is -0.466 e. The summed E-state index contributed by atoms with van der Waals surface area (Å²) in [5.74, 6) is -0.125. The van der Waals surface area contributed by atoms with E-state index in [9.17, 15) is 14.0 Å². The molecule has 3 aromatic rings. The number of aromatic nitrogens is 2. The number of nitrogens with zero attached hydrogens (tertiary/aromatic N) is 2. The SMILES string of the molecule is CCOC(=O)C1CCN(c2nc3c(-c4cccc(F)c4)csc3c(=O)[nH]2)CC1. The van der Waals surface area contributed by atoms with E-state index >= 15 is 0 Å². The van der Waals surface area contributed by atoms with Gasteiger partial charge in [-0.3, -0.25) is 14.6 Å². The Balaban J connectivity index is 1.64. The van der Waals surface area contributed by atoms with Gasteiger partial charge < -0.3 is 9.64 Å². The van der Waals surface area contributed by atoms with Crippen LogP contribution >= 0.6 is 11.3 Å². The number of halogens is 1. The maximum absolute atomic E-state index is 13.6. The van der Waals surface area contributed by atoms with Gasteiger partial charge >= 0.3 is 5.97 Å². The van der Waals surface area contributed by atoms with Crippen molar-refractivity contribution < 1.29 is 13.9 Å². The molecule has 1 aliphatic heterocycles. The fourth-order valence-electron chi connectivity index (χ4n) is 3.51. The third-order valence-electron chi connectivity index (χ3n) is 4.96. The first-order valence-electron chi connectivity index (χ1n) is 9.26. The summed E-state index contributed by atoms with van der Waals surface area (Å²) in [6.07, 6.45) is 1.31. The zero-order valence-electron chi connectivity index (χ0n) is 15.4. The molecule has 4 rings (SSSR count). The summed E-state index contributed by atoms with van der Waals surface area (Å²) in [6, 6.07) is 6.27.